The molecular formula is C18H16N2O3S2. The van der Waals surface area contributed by atoms with Crippen molar-refractivity contribution in [3.8, 4) is 5.69 Å². The second-order valence-electron chi connectivity index (χ2n) is 5.42. The smallest absolute Gasteiger partial charge is 0.175 e. The van der Waals surface area contributed by atoms with Gasteiger partial charge >= 0.3 is 0 Å². The fraction of sp³-hybridized carbons (Fsp3) is 0.111. The summed E-state index contributed by atoms with van der Waals surface area (Å²) in [6, 6.07) is 15.8. The Kier molecular flexibility index (Phi) is 5.06. The monoisotopic (exact) mass is 372 g/mol. The molecular weight excluding hydrogens is 356 g/mol. The maximum atomic E-state index is 12.3. The van der Waals surface area contributed by atoms with Crippen molar-refractivity contribution < 1.29 is 13.2 Å². The number of carbonyl (C=O) groups excluding carboxylic acids is 1. The molecule has 0 unspecified atom stereocenters. The minimum absolute atomic E-state index is 0.0762. The number of carbonyl (C=O) groups is 1. The molecule has 1 aromatic heterocycles. The van der Waals surface area contributed by atoms with E-state index >= 15 is 0 Å². The molecule has 0 N–H and O–H groups in total. The van der Waals surface area contributed by atoms with Gasteiger partial charge in [0.05, 0.1) is 10.6 Å². The van der Waals surface area contributed by atoms with Crippen molar-refractivity contribution in [1.29, 1.82) is 0 Å². The number of Topliss-reactive ketones (excluding diaryl/α,β-unsaturated/α-hetero) is 1. The van der Waals surface area contributed by atoms with Gasteiger partial charge in [0, 0.05) is 29.9 Å². The Morgan fingerprint density at radius 3 is 2.40 bits per heavy atom. The van der Waals surface area contributed by atoms with Crippen LogP contribution in [0.25, 0.3) is 5.69 Å². The van der Waals surface area contributed by atoms with E-state index in [1.54, 1.807) is 18.3 Å². The summed E-state index contributed by atoms with van der Waals surface area (Å²) in [6.07, 6.45) is 4.69. The Bertz CT molecular complexity index is 979. The van der Waals surface area contributed by atoms with Crippen molar-refractivity contribution in [3.63, 3.8) is 0 Å². The average Bonchev–Trinajstić information content (AvgIpc) is 3.08. The third-order valence-electron chi connectivity index (χ3n) is 3.58. The van der Waals surface area contributed by atoms with E-state index in [2.05, 4.69) is 4.98 Å². The maximum absolute atomic E-state index is 12.3. The predicted octanol–water partition coefficient (Wildman–Crippen LogP) is 3.25. The van der Waals surface area contributed by atoms with Gasteiger partial charge in [-0.2, -0.15) is 0 Å². The highest BCUT2D eigenvalue weighted by molar-refractivity contribution is 7.99. The van der Waals surface area contributed by atoms with Crippen molar-refractivity contribution in [2.24, 2.45) is 0 Å². The lowest BCUT2D eigenvalue weighted by Gasteiger charge is -2.07. The van der Waals surface area contributed by atoms with E-state index in [0.717, 1.165) is 17.1 Å². The molecule has 128 valence electrons. The molecule has 0 fully saturated rings. The molecule has 0 radical (unpaired) electrons. The molecule has 0 bridgehead atoms. The number of imidazole rings is 1. The van der Waals surface area contributed by atoms with Crippen LogP contribution in [0.5, 0.6) is 0 Å². The summed E-state index contributed by atoms with van der Waals surface area (Å²) < 4.78 is 24.9. The number of thioether (sulfide) groups is 1. The van der Waals surface area contributed by atoms with E-state index in [-0.39, 0.29) is 16.4 Å². The van der Waals surface area contributed by atoms with Gasteiger partial charge in [0.25, 0.3) is 0 Å². The normalized spacial score (nSPS) is 11.4. The second kappa shape index (κ2) is 7.25. The fourth-order valence-corrected chi connectivity index (χ4v) is 3.78. The highest BCUT2D eigenvalue weighted by Crippen LogP contribution is 2.21. The predicted molar refractivity (Wildman–Crippen MR) is 98.2 cm³/mol. The van der Waals surface area contributed by atoms with Crippen LogP contribution in [-0.4, -0.2) is 35.8 Å². The molecule has 0 saturated heterocycles. The van der Waals surface area contributed by atoms with E-state index < -0.39 is 9.84 Å². The molecule has 0 amide bonds. The summed E-state index contributed by atoms with van der Waals surface area (Å²) in [7, 11) is -3.26. The highest BCUT2D eigenvalue weighted by Gasteiger charge is 2.12. The molecule has 3 aromatic rings. The third-order valence-corrected chi connectivity index (χ3v) is 5.67. The summed E-state index contributed by atoms with van der Waals surface area (Å²) in [5.74, 6) is 0.148. The largest absolute Gasteiger partial charge is 0.295 e. The van der Waals surface area contributed by atoms with Gasteiger partial charge in [-0.15, -0.1) is 0 Å². The standard InChI is InChI=1S/C18H16N2O3S2/c1-25(22,23)16-9-7-14(8-10-16)17(21)13-24-18-19-11-12-20(18)15-5-3-2-4-6-15/h2-12H,13H2,1H3. The zero-order chi connectivity index (χ0) is 17.9. The first-order chi connectivity index (χ1) is 11.9. The van der Waals surface area contributed by atoms with Crippen LogP contribution in [0.2, 0.25) is 0 Å². The van der Waals surface area contributed by atoms with Crippen molar-refractivity contribution in [1.82, 2.24) is 9.55 Å². The van der Waals surface area contributed by atoms with Crippen LogP contribution in [0, 0.1) is 0 Å². The second-order valence-corrected chi connectivity index (χ2v) is 8.38. The summed E-state index contributed by atoms with van der Waals surface area (Å²) in [6.45, 7) is 0. The van der Waals surface area contributed by atoms with Gasteiger partial charge in [0.1, 0.15) is 0 Å². The lowest BCUT2D eigenvalue weighted by atomic mass is 10.1. The Hall–Kier alpha value is -2.38. The van der Waals surface area contributed by atoms with Crippen molar-refractivity contribution in [3.05, 3.63) is 72.6 Å². The molecule has 1 heterocycles. The zero-order valence-corrected chi connectivity index (χ0v) is 15.1. The number of rotatable bonds is 6. The van der Waals surface area contributed by atoms with Crippen molar-refractivity contribution in [2.45, 2.75) is 10.1 Å². The average molecular weight is 372 g/mol. The molecule has 0 spiro atoms. The Morgan fingerprint density at radius 1 is 1.08 bits per heavy atom. The number of nitrogens with zero attached hydrogens (tertiary/aromatic N) is 2. The zero-order valence-electron chi connectivity index (χ0n) is 13.5. The van der Waals surface area contributed by atoms with E-state index in [9.17, 15) is 13.2 Å². The Labute approximate surface area is 150 Å². The van der Waals surface area contributed by atoms with Crippen LogP contribution < -0.4 is 0 Å². The van der Waals surface area contributed by atoms with E-state index in [0.29, 0.717) is 5.56 Å². The molecule has 0 aliphatic carbocycles. The van der Waals surface area contributed by atoms with Crippen LogP contribution in [0.4, 0.5) is 0 Å². The number of hydrogen-bond donors (Lipinski definition) is 0. The van der Waals surface area contributed by atoms with Crippen LogP contribution in [0.3, 0.4) is 0 Å². The number of sulfone groups is 1. The lowest BCUT2D eigenvalue weighted by Crippen LogP contribution is -2.05. The summed E-state index contributed by atoms with van der Waals surface area (Å²) in [5, 5.41) is 0.729. The first-order valence-electron chi connectivity index (χ1n) is 7.50. The summed E-state index contributed by atoms with van der Waals surface area (Å²) >= 11 is 1.35. The first-order valence-corrected chi connectivity index (χ1v) is 10.4. The molecule has 2 aromatic carbocycles. The van der Waals surface area contributed by atoms with Crippen LogP contribution in [-0.2, 0) is 9.84 Å². The molecule has 5 nitrogen and oxygen atoms in total. The molecule has 0 atom stereocenters. The van der Waals surface area contributed by atoms with Gasteiger partial charge in [-0.05, 0) is 24.3 Å². The Balaban J connectivity index is 1.70. The van der Waals surface area contributed by atoms with Gasteiger partial charge in [-0.1, -0.05) is 42.1 Å². The van der Waals surface area contributed by atoms with Gasteiger partial charge in [0.15, 0.2) is 20.8 Å². The molecule has 0 aliphatic heterocycles. The fourth-order valence-electron chi connectivity index (χ4n) is 2.28. The van der Waals surface area contributed by atoms with E-state index in [1.165, 1.54) is 23.9 Å². The highest BCUT2D eigenvalue weighted by atomic mass is 32.2. The molecule has 0 aliphatic rings. The Morgan fingerprint density at radius 2 is 1.76 bits per heavy atom. The summed E-state index contributed by atoms with van der Waals surface area (Å²) in [5.41, 5.74) is 1.46. The summed E-state index contributed by atoms with van der Waals surface area (Å²) in [4.78, 5) is 16.8. The van der Waals surface area contributed by atoms with Crippen LogP contribution in [0.15, 0.2) is 77.0 Å². The maximum Gasteiger partial charge on any atom is 0.175 e. The van der Waals surface area contributed by atoms with E-state index in [4.69, 9.17) is 0 Å². The van der Waals surface area contributed by atoms with Crippen molar-refractivity contribution in [2.75, 3.05) is 12.0 Å². The molecule has 0 saturated carbocycles. The number of ketones is 1. The quantitative estimate of drug-likeness (QED) is 0.491. The van der Waals surface area contributed by atoms with Gasteiger partial charge < -0.3 is 0 Å². The van der Waals surface area contributed by atoms with Gasteiger partial charge in [-0.3, -0.25) is 9.36 Å². The number of para-hydroxylation sites is 1. The molecule has 25 heavy (non-hydrogen) atoms. The van der Waals surface area contributed by atoms with Crippen LogP contribution in [0.1, 0.15) is 10.4 Å². The third kappa shape index (κ3) is 4.18. The number of hydrogen-bond acceptors (Lipinski definition) is 5. The SMILES string of the molecule is CS(=O)(=O)c1ccc(C(=O)CSc2nccn2-c2ccccc2)cc1. The minimum atomic E-state index is -3.26. The first kappa shape index (κ1) is 17.4. The molecule has 7 heteroatoms. The minimum Gasteiger partial charge on any atom is -0.295 e. The topological polar surface area (TPSA) is 69.0 Å². The number of aromatic nitrogens is 2. The van der Waals surface area contributed by atoms with Gasteiger partial charge in [0.2, 0.25) is 0 Å². The van der Waals surface area contributed by atoms with E-state index in [1.807, 2.05) is 41.1 Å². The molecule has 3 rings (SSSR count). The lowest BCUT2D eigenvalue weighted by molar-refractivity contribution is 0.102. The number of benzene rings is 2. The van der Waals surface area contributed by atoms with Gasteiger partial charge in [-0.25, -0.2) is 13.4 Å². The van der Waals surface area contributed by atoms with Crippen molar-refractivity contribution >= 4 is 27.4 Å². The van der Waals surface area contributed by atoms with Crippen LogP contribution >= 0.6 is 11.8 Å².